The zero-order valence-electron chi connectivity index (χ0n) is 7.70. The molecule has 1 heteroatoms. The second kappa shape index (κ2) is 2.76. The molecule has 2 atom stereocenters. The van der Waals surface area contributed by atoms with E-state index in [9.17, 15) is 0 Å². The molecule has 0 aromatic rings. The number of fused-ring (bicyclic) bond motifs is 3. The Labute approximate surface area is 78.8 Å². The van der Waals surface area contributed by atoms with Crippen LogP contribution in [-0.2, 0) is 4.74 Å². The molecule has 1 fully saturated rings. The van der Waals surface area contributed by atoms with Crippen molar-refractivity contribution in [1.29, 1.82) is 0 Å². The second-order valence-electron chi connectivity index (χ2n) is 3.99. The van der Waals surface area contributed by atoms with Crippen LogP contribution < -0.4 is 0 Å². The molecule has 0 saturated carbocycles. The quantitative estimate of drug-likeness (QED) is 0.513. The van der Waals surface area contributed by atoms with Crippen molar-refractivity contribution in [3.63, 3.8) is 0 Å². The molecule has 0 radical (unpaired) electrons. The maximum absolute atomic E-state index is 5.91. The first-order valence-electron chi connectivity index (χ1n) is 5.19. The van der Waals surface area contributed by atoms with Gasteiger partial charge in [-0.25, -0.2) is 0 Å². The Morgan fingerprint density at radius 3 is 3.08 bits per heavy atom. The molecule has 0 bridgehead atoms. The van der Waals surface area contributed by atoms with Crippen LogP contribution >= 0.6 is 0 Å². The maximum Gasteiger partial charge on any atom is 0.119 e. The van der Waals surface area contributed by atoms with E-state index in [0.29, 0.717) is 12.0 Å². The van der Waals surface area contributed by atoms with Gasteiger partial charge in [0.05, 0.1) is 0 Å². The van der Waals surface area contributed by atoms with Crippen molar-refractivity contribution in [2.75, 3.05) is 0 Å². The molecule has 0 spiro atoms. The highest BCUT2D eigenvalue weighted by Gasteiger charge is 2.36. The molecule has 1 saturated heterocycles. The fourth-order valence-corrected chi connectivity index (χ4v) is 2.49. The molecule has 3 aliphatic rings. The lowest BCUT2D eigenvalue weighted by Crippen LogP contribution is -2.17. The van der Waals surface area contributed by atoms with Crippen LogP contribution in [0, 0.1) is 5.92 Å². The molecule has 0 amide bonds. The summed E-state index contributed by atoms with van der Waals surface area (Å²) in [5.74, 6) is 1.74. The van der Waals surface area contributed by atoms with Gasteiger partial charge in [0.1, 0.15) is 11.9 Å². The Morgan fingerprint density at radius 2 is 2.08 bits per heavy atom. The molecular weight excluding hydrogens is 160 g/mol. The smallest absolute Gasteiger partial charge is 0.119 e. The van der Waals surface area contributed by atoms with E-state index in [1.165, 1.54) is 30.6 Å². The Morgan fingerprint density at radius 1 is 1.15 bits per heavy atom. The third-order valence-electron chi connectivity index (χ3n) is 3.14. The van der Waals surface area contributed by atoms with Gasteiger partial charge in [0.25, 0.3) is 0 Å². The highest BCUT2D eigenvalue weighted by atomic mass is 16.5. The van der Waals surface area contributed by atoms with Gasteiger partial charge in [-0.3, -0.25) is 0 Å². The first-order chi connectivity index (χ1) is 6.45. The third-order valence-corrected chi connectivity index (χ3v) is 3.14. The van der Waals surface area contributed by atoms with E-state index in [1.54, 1.807) is 0 Å². The van der Waals surface area contributed by atoms with Gasteiger partial charge in [-0.2, -0.15) is 0 Å². The van der Waals surface area contributed by atoms with Crippen molar-refractivity contribution in [2.45, 2.75) is 31.8 Å². The topological polar surface area (TPSA) is 9.23 Å². The maximum atomic E-state index is 5.91. The molecule has 0 aromatic carbocycles. The molecule has 1 aliphatic heterocycles. The van der Waals surface area contributed by atoms with Gasteiger partial charge in [-0.1, -0.05) is 18.2 Å². The Hall–Kier alpha value is -0.980. The molecule has 13 heavy (non-hydrogen) atoms. The van der Waals surface area contributed by atoms with Gasteiger partial charge < -0.3 is 4.74 Å². The molecule has 68 valence electrons. The zero-order valence-corrected chi connectivity index (χ0v) is 7.70. The number of allylic oxidation sites excluding steroid dienone is 4. The van der Waals surface area contributed by atoms with Crippen LogP contribution in [0.4, 0.5) is 0 Å². The van der Waals surface area contributed by atoms with Crippen LogP contribution in [-0.4, -0.2) is 6.10 Å². The van der Waals surface area contributed by atoms with Crippen molar-refractivity contribution in [3.8, 4) is 0 Å². The number of ether oxygens (including phenoxy) is 1. The normalized spacial score (nSPS) is 35.7. The fourth-order valence-electron chi connectivity index (χ4n) is 2.49. The largest absolute Gasteiger partial charge is 0.489 e. The van der Waals surface area contributed by atoms with Gasteiger partial charge in [-0.15, -0.1) is 0 Å². The van der Waals surface area contributed by atoms with E-state index in [2.05, 4.69) is 24.3 Å². The molecule has 1 heterocycles. The van der Waals surface area contributed by atoms with Crippen LogP contribution in [0.5, 0.6) is 0 Å². The van der Waals surface area contributed by atoms with E-state index in [-0.39, 0.29) is 0 Å². The van der Waals surface area contributed by atoms with Crippen LogP contribution in [0.25, 0.3) is 0 Å². The van der Waals surface area contributed by atoms with Crippen LogP contribution in [0.3, 0.4) is 0 Å². The van der Waals surface area contributed by atoms with E-state index in [1.807, 2.05) is 0 Å². The number of hydrogen-bond acceptors (Lipinski definition) is 1. The number of hydrogen-bond donors (Lipinski definition) is 0. The van der Waals surface area contributed by atoms with Gasteiger partial charge in [0, 0.05) is 11.5 Å². The summed E-state index contributed by atoms with van der Waals surface area (Å²) in [5.41, 5.74) is 1.45. The minimum atomic E-state index is 0.445. The van der Waals surface area contributed by atoms with Crippen molar-refractivity contribution in [1.82, 2.24) is 0 Å². The summed E-state index contributed by atoms with van der Waals surface area (Å²) in [5, 5.41) is 0. The minimum absolute atomic E-state index is 0.445. The minimum Gasteiger partial charge on any atom is -0.489 e. The number of rotatable bonds is 0. The van der Waals surface area contributed by atoms with Crippen molar-refractivity contribution >= 4 is 0 Å². The predicted octanol–water partition coefficient (Wildman–Crippen LogP) is 2.96. The Kier molecular flexibility index (Phi) is 1.58. The van der Waals surface area contributed by atoms with Crippen LogP contribution in [0.1, 0.15) is 25.7 Å². The second-order valence-corrected chi connectivity index (χ2v) is 3.99. The highest BCUT2D eigenvalue weighted by molar-refractivity contribution is 5.39. The summed E-state index contributed by atoms with van der Waals surface area (Å²) in [7, 11) is 0. The highest BCUT2D eigenvalue weighted by Crippen LogP contribution is 2.42. The van der Waals surface area contributed by atoms with E-state index in [4.69, 9.17) is 4.74 Å². The van der Waals surface area contributed by atoms with Crippen molar-refractivity contribution in [3.05, 3.63) is 35.6 Å². The van der Waals surface area contributed by atoms with Gasteiger partial charge in [0.2, 0.25) is 0 Å². The summed E-state index contributed by atoms with van der Waals surface area (Å²) in [6.45, 7) is 0. The Bertz CT molecular complexity index is 309. The van der Waals surface area contributed by atoms with Gasteiger partial charge in [-0.05, 0) is 31.8 Å². The average Bonchev–Trinajstić information content (AvgIpc) is 2.56. The lowest BCUT2D eigenvalue weighted by atomic mass is 9.86. The monoisotopic (exact) mass is 174 g/mol. The van der Waals surface area contributed by atoms with E-state index in [0.717, 1.165) is 6.42 Å². The third kappa shape index (κ3) is 1.06. The first-order valence-corrected chi connectivity index (χ1v) is 5.19. The molecule has 1 nitrogen and oxygen atoms in total. The average molecular weight is 174 g/mol. The molecular formula is C12H14O. The molecule has 3 rings (SSSR count). The van der Waals surface area contributed by atoms with E-state index >= 15 is 0 Å². The summed E-state index contributed by atoms with van der Waals surface area (Å²) in [6.07, 6.45) is 14.4. The zero-order chi connectivity index (χ0) is 8.67. The first kappa shape index (κ1) is 7.43. The van der Waals surface area contributed by atoms with Crippen molar-refractivity contribution in [2.24, 2.45) is 5.92 Å². The summed E-state index contributed by atoms with van der Waals surface area (Å²) >= 11 is 0. The van der Waals surface area contributed by atoms with Crippen molar-refractivity contribution < 1.29 is 4.74 Å². The predicted molar refractivity (Wildman–Crippen MR) is 52.1 cm³/mol. The summed E-state index contributed by atoms with van der Waals surface area (Å²) in [6, 6.07) is 0. The lowest BCUT2D eigenvalue weighted by molar-refractivity contribution is 0.130. The van der Waals surface area contributed by atoms with E-state index < -0.39 is 0 Å². The molecule has 0 aromatic heterocycles. The standard InChI is InChI=1S/C12H14O/c1-3-7-11-9(5-1)10-6-2-4-8-12(10)13-11/h1,5-6,8-9,11H,2-4,7H2. The molecule has 2 aliphatic carbocycles. The van der Waals surface area contributed by atoms with Gasteiger partial charge >= 0.3 is 0 Å². The van der Waals surface area contributed by atoms with Gasteiger partial charge in [0.15, 0.2) is 0 Å². The van der Waals surface area contributed by atoms with Crippen LogP contribution in [0.15, 0.2) is 35.6 Å². The SMILES string of the molecule is C1=CC2C3=CCCC=C3OC2CC1. The molecule has 2 unspecified atom stereocenters. The van der Waals surface area contributed by atoms with Crippen LogP contribution in [0.2, 0.25) is 0 Å². The summed E-state index contributed by atoms with van der Waals surface area (Å²) in [4.78, 5) is 0. The Balaban J connectivity index is 2.00. The molecule has 0 N–H and O–H groups in total. The fraction of sp³-hybridized carbons (Fsp3) is 0.500. The lowest BCUT2D eigenvalue weighted by Gasteiger charge is -2.18. The summed E-state index contributed by atoms with van der Waals surface area (Å²) < 4.78 is 5.91.